The Morgan fingerprint density at radius 2 is 1.86 bits per heavy atom. The highest BCUT2D eigenvalue weighted by Crippen LogP contribution is 2.23. The quantitative estimate of drug-likeness (QED) is 0.874. The minimum atomic E-state index is -3.54. The molecule has 0 aliphatic heterocycles. The normalized spacial score (nSPS) is 12.7. The van der Waals surface area contributed by atoms with Gasteiger partial charge >= 0.3 is 0 Å². The Labute approximate surface area is 129 Å². The minimum absolute atomic E-state index is 0.277. The summed E-state index contributed by atoms with van der Waals surface area (Å²) >= 11 is 0. The van der Waals surface area contributed by atoms with E-state index in [2.05, 4.69) is 18.6 Å². The summed E-state index contributed by atoms with van der Waals surface area (Å²) in [5.41, 5.74) is 0.197. The molecule has 1 N–H and O–H groups in total. The number of sulfonamides is 1. The van der Waals surface area contributed by atoms with Crippen LogP contribution < -0.4 is 9.46 Å². The van der Waals surface area contributed by atoms with Crippen LogP contribution in [0.25, 0.3) is 0 Å². The number of hydrogen-bond acceptors (Lipinski definition) is 3. The maximum atomic E-state index is 12.4. The molecule has 1 aromatic carbocycles. The zero-order chi connectivity index (χ0) is 16.3. The van der Waals surface area contributed by atoms with Crippen molar-refractivity contribution in [2.75, 3.05) is 6.61 Å². The van der Waals surface area contributed by atoms with Gasteiger partial charge in [0.1, 0.15) is 5.75 Å². The molecule has 0 aliphatic rings. The maximum absolute atomic E-state index is 12.4. The number of ether oxygens (including phenoxy) is 1. The molecule has 1 aromatic rings. The molecular formula is C16H27NO3S. The first kappa shape index (κ1) is 18.0. The van der Waals surface area contributed by atoms with Crippen molar-refractivity contribution >= 4 is 10.0 Å². The van der Waals surface area contributed by atoms with Crippen LogP contribution >= 0.6 is 0 Å². The van der Waals surface area contributed by atoms with Crippen LogP contribution in [0.5, 0.6) is 5.75 Å². The van der Waals surface area contributed by atoms with E-state index in [1.165, 1.54) is 0 Å². The summed E-state index contributed by atoms with van der Waals surface area (Å²) in [5.74, 6) is 1.15. The molecule has 0 amide bonds. The van der Waals surface area contributed by atoms with E-state index < -0.39 is 15.6 Å². The molecule has 0 saturated carbocycles. The van der Waals surface area contributed by atoms with Gasteiger partial charge in [-0.15, -0.1) is 0 Å². The van der Waals surface area contributed by atoms with Crippen LogP contribution in [0.1, 0.15) is 46.6 Å². The predicted molar refractivity (Wildman–Crippen MR) is 86.2 cm³/mol. The van der Waals surface area contributed by atoms with Gasteiger partial charge in [-0.2, -0.15) is 0 Å². The second-order valence-corrected chi connectivity index (χ2v) is 8.46. The van der Waals surface area contributed by atoms with E-state index in [-0.39, 0.29) is 4.90 Å². The molecule has 0 aromatic heterocycles. The van der Waals surface area contributed by atoms with Gasteiger partial charge in [-0.25, -0.2) is 13.1 Å². The van der Waals surface area contributed by atoms with Crippen molar-refractivity contribution in [3.8, 4) is 5.75 Å². The molecule has 5 heteroatoms. The van der Waals surface area contributed by atoms with Gasteiger partial charge in [-0.3, -0.25) is 0 Å². The van der Waals surface area contributed by atoms with Gasteiger partial charge < -0.3 is 4.74 Å². The second-order valence-electron chi connectivity index (χ2n) is 6.81. The lowest BCUT2D eigenvalue weighted by Crippen LogP contribution is -2.40. The maximum Gasteiger partial charge on any atom is 0.241 e. The highest BCUT2D eigenvalue weighted by atomic mass is 32.2. The summed E-state index contributed by atoms with van der Waals surface area (Å²) in [6.07, 6.45) is 0.941. The van der Waals surface area contributed by atoms with Crippen LogP contribution in [0.2, 0.25) is 0 Å². The van der Waals surface area contributed by atoms with Crippen LogP contribution in [-0.2, 0) is 10.0 Å². The molecule has 0 unspecified atom stereocenters. The molecule has 0 saturated heterocycles. The lowest BCUT2D eigenvalue weighted by molar-refractivity contribution is 0.288. The highest BCUT2D eigenvalue weighted by Gasteiger charge is 2.24. The first-order chi connectivity index (χ1) is 9.51. The predicted octanol–water partition coefficient (Wildman–Crippen LogP) is 3.50. The fraction of sp³-hybridized carbons (Fsp3) is 0.625. The summed E-state index contributed by atoms with van der Waals surface area (Å²) in [5, 5.41) is 0. The average Bonchev–Trinajstić information content (AvgIpc) is 2.27. The van der Waals surface area contributed by atoms with Gasteiger partial charge in [-0.1, -0.05) is 19.9 Å². The molecule has 4 nitrogen and oxygen atoms in total. The molecule has 21 heavy (non-hydrogen) atoms. The summed E-state index contributed by atoms with van der Waals surface area (Å²) in [4.78, 5) is 0.277. The van der Waals surface area contributed by atoms with Crippen LogP contribution in [0, 0.1) is 12.8 Å². The Kier molecular flexibility index (Phi) is 5.82. The monoisotopic (exact) mass is 313 g/mol. The average molecular weight is 313 g/mol. The van der Waals surface area contributed by atoms with E-state index in [1.54, 1.807) is 19.1 Å². The van der Waals surface area contributed by atoms with Crippen molar-refractivity contribution < 1.29 is 13.2 Å². The summed E-state index contributed by atoms with van der Waals surface area (Å²) in [6, 6.07) is 5.19. The van der Waals surface area contributed by atoms with Crippen LogP contribution in [0.3, 0.4) is 0 Å². The number of hydrogen-bond donors (Lipinski definition) is 1. The Hall–Kier alpha value is -1.07. The van der Waals surface area contributed by atoms with Gasteiger partial charge in [0.2, 0.25) is 10.0 Å². The molecule has 0 heterocycles. The smallest absolute Gasteiger partial charge is 0.241 e. The van der Waals surface area contributed by atoms with E-state index in [9.17, 15) is 8.42 Å². The number of benzene rings is 1. The molecule has 0 spiro atoms. The molecule has 0 fully saturated rings. The third-order valence-electron chi connectivity index (χ3n) is 2.85. The first-order valence-corrected chi connectivity index (χ1v) is 8.77. The van der Waals surface area contributed by atoms with Crippen molar-refractivity contribution in [1.29, 1.82) is 0 Å². The lowest BCUT2D eigenvalue weighted by Gasteiger charge is -2.21. The summed E-state index contributed by atoms with van der Waals surface area (Å²) in [7, 11) is -3.54. The standard InChI is InChI=1S/C16H27NO3S/c1-12(2)9-10-20-14-8-7-13(3)15(11-14)21(18,19)17-16(4,5)6/h7-8,11-12,17H,9-10H2,1-6H3. The van der Waals surface area contributed by atoms with Gasteiger partial charge in [0.25, 0.3) is 0 Å². The Morgan fingerprint density at radius 3 is 2.38 bits per heavy atom. The van der Waals surface area contributed by atoms with E-state index >= 15 is 0 Å². The fourth-order valence-corrected chi connectivity index (χ4v) is 3.51. The molecular weight excluding hydrogens is 286 g/mol. The van der Waals surface area contributed by atoms with Crippen molar-refractivity contribution in [3.63, 3.8) is 0 Å². The van der Waals surface area contributed by atoms with Crippen molar-refractivity contribution in [1.82, 2.24) is 4.72 Å². The second kappa shape index (κ2) is 6.79. The van der Waals surface area contributed by atoms with Gasteiger partial charge in [0.05, 0.1) is 11.5 Å². The van der Waals surface area contributed by atoms with Gasteiger partial charge in [0.15, 0.2) is 0 Å². The highest BCUT2D eigenvalue weighted by molar-refractivity contribution is 7.89. The first-order valence-electron chi connectivity index (χ1n) is 7.29. The summed E-state index contributed by atoms with van der Waals surface area (Å²) < 4.78 is 33.2. The van der Waals surface area contributed by atoms with Crippen molar-refractivity contribution in [2.45, 2.75) is 58.4 Å². The third kappa shape index (κ3) is 6.06. The van der Waals surface area contributed by atoms with E-state index in [4.69, 9.17) is 4.74 Å². The fourth-order valence-electron chi connectivity index (χ4n) is 1.83. The van der Waals surface area contributed by atoms with Crippen LogP contribution in [0.4, 0.5) is 0 Å². The van der Waals surface area contributed by atoms with E-state index in [0.717, 1.165) is 6.42 Å². The molecule has 0 radical (unpaired) electrons. The van der Waals surface area contributed by atoms with Gasteiger partial charge in [0, 0.05) is 11.6 Å². The van der Waals surface area contributed by atoms with Gasteiger partial charge in [-0.05, 0) is 51.7 Å². The number of rotatable bonds is 6. The number of aryl methyl sites for hydroxylation is 1. The SMILES string of the molecule is Cc1ccc(OCCC(C)C)cc1S(=O)(=O)NC(C)(C)C. The Bertz CT molecular complexity index is 572. The van der Waals surface area contributed by atoms with Crippen molar-refractivity contribution in [2.24, 2.45) is 5.92 Å². The largest absolute Gasteiger partial charge is 0.494 e. The van der Waals surface area contributed by atoms with E-state index in [0.29, 0.717) is 23.8 Å². The van der Waals surface area contributed by atoms with E-state index in [1.807, 2.05) is 26.8 Å². The number of nitrogens with one attached hydrogen (secondary N) is 1. The lowest BCUT2D eigenvalue weighted by atomic mass is 10.1. The Morgan fingerprint density at radius 1 is 1.24 bits per heavy atom. The van der Waals surface area contributed by atoms with Crippen molar-refractivity contribution in [3.05, 3.63) is 23.8 Å². The minimum Gasteiger partial charge on any atom is -0.494 e. The zero-order valence-corrected chi connectivity index (χ0v) is 14.7. The third-order valence-corrected chi connectivity index (χ3v) is 4.75. The molecule has 120 valence electrons. The molecule has 0 aliphatic carbocycles. The summed E-state index contributed by atoms with van der Waals surface area (Å²) in [6.45, 7) is 12.1. The topological polar surface area (TPSA) is 55.4 Å². The molecule has 0 bridgehead atoms. The zero-order valence-electron chi connectivity index (χ0n) is 13.9. The van der Waals surface area contributed by atoms with Crippen LogP contribution in [-0.4, -0.2) is 20.6 Å². The Balaban J connectivity index is 2.97. The molecule has 1 rings (SSSR count). The van der Waals surface area contributed by atoms with Crippen LogP contribution in [0.15, 0.2) is 23.1 Å². The molecule has 0 atom stereocenters.